The fraction of sp³-hybridized carbons (Fsp3) is 0.770. The first-order chi connectivity index (χ1) is 32.6. The standard InChI is InChI=1S/C61H108O5/c1-4-7-10-13-16-19-22-25-28-30-31-33-34-36-39-42-45-48-51-54-60(62)65-58-59(57-64-56-53-50-47-44-41-38-27-24-21-18-15-12-9-6-3)66-61(63)55-52-49-46-43-40-37-35-32-29-26-23-20-17-14-11-8-5-2/h8,11,16-17,19-20,25-26,28-29,31,33,59H,4-7,9-10,12-15,18,21-24,27,30,32,34-58H2,1-3H3/b11-8-,19-16-,20-17-,28-25-,29-26-,33-31-. The molecule has 0 fully saturated rings. The summed E-state index contributed by atoms with van der Waals surface area (Å²) in [6, 6.07) is 0. The number of ether oxygens (including phenoxy) is 3. The molecular formula is C61H108O5. The number of carbonyl (C=O) groups excluding carboxylic acids is 2. The first-order valence-corrected chi connectivity index (χ1v) is 28.5. The van der Waals surface area contributed by atoms with Crippen molar-refractivity contribution in [1.29, 1.82) is 0 Å². The Balaban J connectivity index is 4.29. The van der Waals surface area contributed by atoms with Gasteiger partial charge in [-0.05, 0) is 89.9 Å². The molecule has 66 heavy (non-hydrogen) atoms. The Morgan fingerprint density at radius 1 is 0.348 bits per heavy atom. The number of allylic oxidation sites excluding steroid dienone is 12. The molecule has 5 heteroatoms. The quantitative estimate of drug-likeness (QED) is 0.0346. The van der Waals surface area contributed by atoms with Crippen LogP contribution < -0.4 is 0 Å². The van der Waals surface area contributed by atoms with Crippen molar-refractivity contribution in [1.82, 2.24) is 0 Å². The van der Waals surface area contributed by atoms with Gasteiger partial charge in [0.2, 0.25) is 0 Å². The maximum Gasteiger partial charge on any atom is 0.306 e. The lowest BCUT2D eigenvalue weighted by molar-refractivity contribution is -0.163. The summed E-state index contributed by atoms with van der Waals surface area (Å²) in [6.07, 6.45) is 73.4. The molecule has 0 N–H and O–H groups in total. The molecule has 0 rings (SSSR count). The number of hydrogen-bond acceptors (Lipinski definition) is 5. The van der Waals surface area contributed by atoms with Crippen LogP contribution in [0.1, 0.15) is 278 Å². The molecule has 0 heterocycles. The smallest absolute Gasteiger partial charge is 0.306 e. The van der Waals surface area contributed by atoms with E-state index in [-0.39, 0.29) is 25.2 Å². The molecule has 0 spiro atoms. The van der Waals surface area contributed by atoms with Gasteiger partial charge in [-0.25, -0.2) is 0 Å². The highest BCUT2D eigenvalue weighted by atomic mass is 16.6. The predicted molar refractivity (Wildman–Crippen MR) is 288 cm³/mol. The molecule has 0 bridgehead atoms. The molecule has 0 amide bonds. The minimum Gasteiger partial charge on any atom is -0.462 e. The average molecular weight is 922 g/mol. The van der Waals surface area contributed by atoms with Gasteiger partial charge in [-0.1, -0.05) is 248 Å². The van der Waals surface area contributed by atoms with Crippen molar-refractivity contribution in [3.05, 3.63) is 72.9 Å². The van der Waals surface area contributed by atoms with E-state index in [9.17, 15) is 9.59 Å². The second kappa shape index (κ2) is 56.7. The molecule has 0 saturated carbocycles. The summed E-state index contributed by atoms with van der Waals surface area (Å²) in [5.41, 5.74) is 0. The fourth-order valence-electron chi connectivity index (χ4n) is 8.00. The van der Waals surface area contributed by atoms with Gasteiger partial charge in [0, 0.05) is 19.4 Å². The van der Waals surface area contributed by atoms with Crippen LogP contribution >= 0.6 is 0 Å². The largest absolute Gasteiger partial charge is 0.462 e. The zero-order valence-electron chi connectivity index (χ0n) is 44.0. The van der Waals surface area contributed by atoms with E-state index >= 15 is 0 Å². The van der Waals surface area contributed by atoms with Gasteiger partial charge in [0.1, 0.15) is 6.61 Å². The van der Waals surface area contributed by atoms with Gasteiger partial charge >= 0.3 is 11.9 Å². The van der Waals surface area contributed by atoms with Crippen LogP contribution in [0.5, 0.6) is 0 Å². The normalized spacial score (nSPS) is 12.7. The zero-order valence-corrected chi connectivity index (χ0v) is 44.0. The van der Waals surface area contributed by atoms with E-state index in [4.69, 9.17) is 14.2 Å². The number of unbranched alkanes of at least 4 members (excludes halogenated alkanes) is 29. The molecule has 0 aromatic rings. The highest BCUT2D eigenvalue weighted by molar-refractivity contribution is 5.70. The van der Waals surface area contributed by atoms with Crippen molar-refractivity contribution in [3.63, 3.8) is 0 Å². The van der Waals surface area contributed by atoms with Gasteiger partial charge in [0.25, 0.3) is 0 Å². The van der Waals surface area contributed by atoms with Crippen molar-refractivity contribution in [2.45, 2.75) is 284 Å². The summed E-state index contributed by atoms with van der Waals surface area (Å²) >= 11 is 0. The number of rotatable bonds is 52. The van der Waals surface area contributed by atoms with E-state index in [1.54, 1.807) is 0 Å². The minimum absolute atomic E-state index is 0.0747. The Morgan fingerprint density at radius 3 is 1.12 bits per heavy atom. The molecule has 0 aliphatic rings. The van der Waals surface area contributed by atoms with Gasteiger partial charge in [-0.2, -0.15) is 0 Å². The number of esters is 2. The molecule has 0 radical (unpaired) electrons. The molecule has 0 saturated heterocycles. The summed E-state index contributed by atoms with van der Waals surface area (Å²) in [7, 11) is 0. The van der Waals surface area contributed by atoms with Crippen molar-refractivity contribution >= 4 is 11.9 Å². The maximum absolute atomic E-state index is 12.9. The molecule has 1 unspecified atom stereocenters. The van der Waals surface area contributed by atoms with E-state index < -0.39 is 6.10 Å². The van der Waals surface area contributed by atoms with E-state index in [0.29, 0.717) is 19.4 Å². The highest BCUT2D eigenvalue weighted by Crippen LogP contribution is 2.15. The van der Waals surface area contributed by atoms with E-state index in [2.05, 4.69) is 93.7 Å². The van der Waals surface area contributed by atoms with Gasteiger partial charge < -0.3 is 14.2 Å². The van der Waals surface area contributed by atoms with Gasteiger partial charge in [0.05, 0.1) is 6.61 Å². The monoisotopic (exact) mass is 921 g/mol. The summed E-state index contributed by atoms with van der Waals surface area (Å²) in [5.74, 6) is -0.414. The summed E-state index contributed by atoms with van der Waals surface area (Å²) in [6.45, 7) is 7.70. The molecule has 0 aliphatic heterocycles. The Kier molecular flexibility index (Phi) is 54.4. The zero-order chi connectivity index (χ0) is 47.7. The van der Waals surface area contributed by atoms with Crippen LogP contribution in [0, 0.1) is 0 Å². The van der Waals surface area contributed by atoms with Crippen LogP contribution in [0.2, 0.25) is 0 Å². The van der Waals surface area contributed by atoms with Crippen LogP contribution in [0.4, 0.5) is 0 Å². The predicted octanol–water partition coefficient (Wildman–Crippen LogP) is 19.5. The fourth-order valence-corrected chi connectivity index (χ4v) is 8.00. The Bertz CT molecular complexity index is 1180. The lowest BCUT2D eigenvalue weighted by Gasteiger charge is -2.18. The van der Waals surface area contributed by atoms with Crippen molar-refractivity contribution in [3.8, 4) is 0 Å². The first kappa shape index (κ1) is 63.3. The third-order valence-corrected chi connectivity index (χ3v) is 12.2. The lowest BCUT2D eigenvalue weighted by atomic mass is 10.0. The van der Waals surface area contributed by atoms with Crippen LogP contribution in [0.25, 0.3) is 0 Å². The number of hydrogen-bond donors (Lipinski definition) is 0. The van der Waals surface area contributed by atoms with Crippen molar-refractivity contribution < 1.29 is 23.8 Å². The number of carbonyl (C=O) groups is 2. The maximum atomic E-state index is 12.9. The third-order valence-electron chi connectivity index (χ3n) is 12.2. The molecule has 0 aliphatic carbocycles. The topological polar surface area (TPSA) is 61.8 Å². The highest BCUT2D eigenvalue weighted by Gasteiger charge is 2.17. The molecule has 0 aromatic carbocycles. The van der Waals surface area contributed by atoms with Crippen molar-refractivity contribution in [2.24, 2.45) is 0 Å². The first-order valence-electron chi connectivity index (χ1n) is 28.5. The van der Waals surface area contributed by atoms with Gasteiger partial charge in [0.15, 0.2) is 6.10 Å². The van der Waals surface area contributed by atoms with Crippen molar-refractivity contribution in [2.75, 3.05) is 19.8 Å². The molecule has 1 atom stereocenters. The minimum atomic E-state index is -0.548. The molecule has 0 aromatic heterocycles. The molecule has 382 valence electrons. The summed E-state index contributed by atoms with van der Waals surface area (Å²) < 4.78 is 17.5. The Labute approximate surface area is 410 Å². The van der Waals surface area contributed by atoms with E-state index in [1.165, 1.54) is 148 Å². The Hall–Kier alpha value is -2.66. The SMILES string of the molecule is CC/C=C\C/C=C\C/C=C\CCCCCCCCCC(=O)OC(COCCCCCCCCCCCCCCCC)COC(=O)CCCCCCCC/C=C\C/C=C\C/C=C\CCCCC. The third kappa shape index (κ3) is 54.0. The van der Waals surface area contributed by atoms with Gasteiger partial charge in [-0.3, -0.25) is 9.59 Å². The van der Waals surface area contributed by atoms with Crippen LogP contribution in [-0.2, 0) is 23.8 Å². The van der Waals surface area contributed by atoms with Crippen LogP contribution in [0.15, 0.2) is 72.9 Å². The lowest BCUT2D eigenvalue weighted by Crippen LogP contribution is -2.30. The molecule has 5 nitrogen and oxygen atoms in total. The second-order valence-corrected chi connectivity index (χ2v) is 18.8. The summed E-state index contributed by atoms with van der Waals surface area (Å²) in [4.78, 5) is 25.5. The summed E-state index contributed by atoms with van der Waals surface area (Å²) in [5, 5.41) is 0. The van der Waals surface area contributed by atoms with Crippen LogP contribution in [-0.4, -0.2) is 37.9 Å². The molecular weight excluding hydrogens is 813 g/mol. The second-order valence-electron chi connectivity index (χ2n) is 18.8. The van der Waals surface area contributed by atoms with E-state index in [0.717, 1.165) is 96.3 Å². The average Bonchev–Trinajstić information content (AvgIpc) is 3.32. The van der Waals surface area contributed by atoms with E-state index in [1.807, 2.05) is 0 Å². The van der Waals surface area contributed by atoms with Gasteiger partial charge in [-0.15, -0.1) is 0 Å². The van der Waals surface area contributed by atoms with Crippen LogP contribution in [0.3, 0.4) is 0 Å². The Morgan fingerprint density at radius 2 is 0.682 bits per heavy atom.